The molecular weight excluding hydrogens is 396 g/mol. The molecule has 31 heavy (non-hydrogen) atoms. The molecule has 2 aliphatic rings. The van der Waals surface area contributed by atoms with Gasteiger partial charge in [-0.3, -0.25) is 9.59 Å². The van der Waals surface area contributed by atoms with Crippen LogP contribution in [0.25, 0.3) is 5.57 Å². The van der Waals surface area contributed by atoms with Gasteiger partial charge in [0.25, 0.3) is 5.91 Å². The summed E-state index contributed by atoms with van der Waals surface area (Å²) in [5, 5.41) is 2.85. The van der Waals surface area contributed by atoms with E-state index in [9.17, 15) is 9.59 Å². The van der Waals surface area contributed by atoms with E-state index < -0.39 is 0 Å². The summed E-state index contributed by atoms with van der Waals surface area (Å²) in [5.74, 6) is 2.03. The minimum absolute atomic E-state index is 0.0105. The molecule has 0 saturated heterocycles. The fourth-order valence-electron chi connectivity index (χ4n) is 4.10. The van der Waals surface area contributed by atoms with Gasteiger partial charge in [-0.1, -0.05) is 6.08 Å². The molecule has 1 N–H and O–H groups in total. The Morgan fingerprint density at radius 1 is 0.968 bits per heavy atom. The highest BCUT2D eigenvalue weighted by Gasteiger charge is 2.24. The minimum atomic E-state index is -0.0105. The van der Waals surface area contributed by atoms with Gasteiger partial charge in [0.1, 0.15) is 17.2 Å². The van der Waals surface area contributed by atoms with Crippen LogP contribution in [0.1, 0.15) is 34.3 Å². The summed E-state index contributed by atoms with van der Waals surface area (Å²) in [4.78, 5) is 26.4. The molecule has 7 heteroatoms. The average Bonchev–Trinajstić information content (AvgIpc) is 2.82. The zero-order valence-electron chi connectivity index (χ0n) is 18.0. The predicted octanol–water partition coefficient (Wildman–Crippen LogP) is 3.53. The fourth-order valence-corrected chi connectivity index (χ4v) is 4.10. The summed E-state index contributed by atoms with van der Waals surface area (Å²) < 4.78 is 16.5. The maximum absolute atomic E-state index is 13.1. The Morgan fingerprint density at radius 2 is 1.71 bits per heavy atom. The molecule has 4 rings (SSSR count). The Balaban J connectivity index is 1.55. The topological polar surface area (TPSA) is 77.1 Å². The van der Waals surface area contributed by atoms with Crippen LogP contribution in [0, 0.1) is 0 Å². The van der Waals surface area contributed by atoms with E-state index in [1.807, 2.05) is 35.2 Å². The number of amides is 2. The van der Waals surface area contributed by atoms with Crippen molar-refractivity contribution in [3.63, 3.8) is 0 Å². The van der Waals surface area contributed by atoms with Crippen molar-refractivity contribution in [2.75, 3.05) is 39.7 Å². The lowest BCUT2D eigenvalue weighted by Crippen LogP contribution is -2.35. The van der Waals surface area contributed by atoms with Gasteiger partial charge in [0, 0.05) is 42.9 Å². The van der Waals surface area contributed by atoms with E-state index in [4.69, 9.17) is 14.2 Å². The highest BCUT2D eigenvalue weighted by atomic mass is 16.5. The Hall–Kier alpha value is -3.48. The molecule has 0 fully saturated rings. The largest absolute Gasteiger partial charge is 0.496 e. The minimum Gasteiger partial charge on any atom is -0.496 e. The molecule has 2 aromatic carbocycles. The van der Waals surface area contributed by atoms with Crippen LogP contribution in [0.2, 0.25) is 0 Å². The molecule has 2 amide bonds. The molecule has 2 heterocycles. The van der Waals surface area contributed by atoms with Gasteiger partial charge in [-0.25, -0.2) is 0 Å². The summed E-state index contributed by atoms with van der Waals surface area (Å²) in [6, 6.07) is 9.16. The highest BCUT2D eigenvalue weighted by Crippen LogP contribution is 2.41. The Morgan fingerprint density at radius 3 is 2.32 bits per heavy atom. The molecule has 7 nitrogen and oxygen atoms in total. The van der Waals surface area contributed by atoms with Gasteiger partial charge in [-0.15, -0.1) is 0 Å². The number of rotatable bonds is 5. The maximum atomic E-state index is 13.1. The summed E-state index contributed by atoms with van der Waals surface area (Å²) in [6.45, 7) is 1.09. The monoisotopic (exact) mass is 422 g/mol. The second-order valence-corrected chi connectivity index (χ2v) is 7.56. The Kier molecular flexibility index (Phi) is 5.84. The molecule has 0 spiro atoms. The smallest absolute Gasteiger partial charge is 0.254 e. The quantitative estimate of drug-likeness (QED) is 0.798. The fraction of sp³-hybridized carbons (Fsp3) is 0.333. The van der Waals surface area contributed by atoms with Crippen LogP contribution >= 0.6 is 0 Å². The molecule has 0 atom stereocenters. The maximum Gasteiger partial charge on any atom is 0.254 e. The van der Waals surface area contributed by atoms with Crippen LogP contribution in [-0.2, 0) is 11.2 Å². The summed E-state index contributed by atoms with van der Waals surface area (Å²) in [7, 11) is 4.84. The molecule has 0 aromatic heterocycles. The molecule has 2 aromatic rings. The first kappa shape index (κ1) is 20.8. The SMILES string of the molecule is COc1cc(OC)c(C2=CCN(C(=O)c3ccc4c(c3)CCC(=O)N4)CC2)c(OC)c1. The molecule has 0 unspecified atom stereocenters. The van der Waals surface area contributed by atoms with Gasteiger partial charge in [-0.2, -0.15) is 0 Å². The molecule has 0 aliphatic carbocycles. The number of hydrogen-bond acceptors (Lipinski definition) is 5. The van der Waals surface area contributed by atoms with Crippen LogP contribution in [0.4, 0.5) is 5.69 Å². The van der Waals surface area contributed by atoms with E-state index in [1.54, 1.807) is 27.4 Å². The Labute approximate surface area is 181 Å². The number of fused-ring (bicyclic) bond motifs is 1. The van der Waals surface area contributed by atoms with Crippen molar-refractivity contribution in [3.05, 3.63) is 53.1 Å². The second kappa shape index (κ2) is 8.71. The molecular formula is C24H26N2O5. The van der Waals surface area contributed by atoms with E-state index in [-0.39, 0.29) is 11.8 Å². The van der Waals surface area contributed by atoms with E-state index in [2.05, 4.69) is 5.32 Å². The lowest BCUT2D eigenvalue weighted by Gasteiger charge is -2.28. The molecule has 0 radical (unpaired) electrons. The van der Waals surface area contributed by atoms with Crippen molar-refractivity contribution >= 4 is 23.1 Å². The normalized spacial score (nSPS) is 15.5. The first-order valence-corrected chi connectivity index (χ1v) is 10.3. The van der Waals surface area contributed by atoms with Gasteiger partial charge in [0.15, 0.2) is 0 Å². The third kappa shape index (κ3) is 4.08. The van der Waals surface area contributed by atoms with Crippen LogP contribution in [-0.4, -0.2) is 51.1 Å². The van der Waals surface area contributed by atoms with Gasteiger partial charge in [0.05, 0.1) is 26.9 Å². The third-order valence-electron chi connectivity index (χ3n) is 5.78. The summed E-state index contributed by atoms with van der Waals surface area (Å²) in [6.07, 6.45) is 3.84. The molecule has 2 aliphatic heterocycles. The van der Waals surface area contributed by atoms with Crippen LogP contribution < -0.4 is 19.5 Å². The van der Waals surface area contributed by atoms with Crippen LogP contribution in [0.15, 0.2) is 36.4 Å². The number of carbonyl (C=O) groups is 2. The first-order chi connectivity index (χ1) is 15.0. The van der Waals surface area contributed by atoms with Crippen molar-refractivity contribution in [2.45, 2.75) is 19.3 Å². The standard InChI is InChI=1S/C24H26N2O5/c1-29-18-13-20(30-2)23(21(14-18)31-3)15-8-10-26(11-9-15)24(28)17-4-6-19-16(12-17)5-7-22(27)25-19/h4,6,8,12-14H,5,7,9-11H2,1-3H3,(H,25,27). The van der Waals surface area contributed by atoms with Crippen molar-refractivity contribution in [1.29, 1.82) is 0 Å². The van der Waals surface area contributed by atoms with E-state index in [1.165, 1.54) is 0 Å². The third-order valence-corrected chi connectivity index (χ3v) is 5.78. The Bertz CT molecular complexity index is 1030. The van der Waals surface area contributed by atoms with Gasteiger partial charge < -0.3 is 24.4 Å². The molecule has 0 bridgehead atoms. The van der Waals surface area contributed by atoms with Gasteiger partial charge in [0.2, 0.25) is 5.91 Å². The number of methoxy groups -OCH3 is 3. The number of carbonyl (C=O) groups excluding carboxylic acids is 2. The molecule has 162 valence electrons. The number of anilines is 1. The van der Waals surface area contributed by atoms with Crippen molar-refractivity contribution in [1.82, 2.24) is 4.90 Å². The van der Waals surface area contributed by atoms with E-state index in [0.717, 1.165) is 22.4 Å². The second-order valence-electron chi connectivity index (χ2n) is 7.56. The zero-order valence-corrected chi connectivity index (χ0v) is 18.0. The van der Waals surface area contributed by atoms with Crippen LogP contribution in [0.5, 0.6) is 17.2 Å². The van der Waals surface area contributed by atoms with Crippen LogP contribution in [0.3, 0.4) is 0 Å². The van der Waals surface area contributed by atoms with E-state index in [0.29, 0.717) is 55.2 Å². The van der Waals surface area contributed by atoms with E-state index >= 15 is 0 Å². The number of nitrogens with one attached hydrogen (secondary N) is 1. The van der Waals surface area contributed by atoms with Gasteiger partial charge in [-0.05, 0) is 42.2 Å². The summed E-state index contributed by atoms with van der Waals surface area (Å²) in [5.41, 5.74) is 4.42. The number of hydrogen-bond donors (Lipinski definition) is 1. The summed E-state index contributed by atoms with van der Waals surface area (Å²) >= 11 is 0. The lowest BCUT2D eigenvalue weighted by atomic mass is 9.96. The van der Waals surface area contributed by atoms with Crippen molar-refractivity contribution in [3.8, 4) is 17.2 Å². The number of aryl methyl sites for hydroxylation is 1. The zero-order chi connectivity index (χ0) is 22.0. The average molecular weight is 422 g/mol. The van der Waals surface area contributed by atoms with Crippen molar-refractivity contribution in [2.24, 2.45) is 0 Å². The van der Waals surface area contributed by atoms with Crippen molar-refractivity contribution < 1.29 is 23.8 Å². The highest BCUT2D eigenvalue weighted by molar-refractivity contribution is 5.98. The molecule has 0 saturated carbocycles. The number of ether oxygens (including phenoxy) is 3. The number of nitrogens with zero attached hydrogens (tertiary/aromatic N) is 1. The lowest BCUT2D eigenvalue weighted by molar-refractivity contribution is -0.116. The first-order valence-electron chi connectivity index (χ1n) is 10.3. The predicted molar refractivity (Wildman–Crippen MR) is 118 cm³/mol. The number of benzene rings is 2. The van der Waals surface area contributed by atoms with Gasteiger partial charge >= 0.3 is 0 Å².